The van der Waals surface area contributed by atoms with Crippen LogP contribution in [-0.4, -0.2) is 51.6 Å². The SMILES string of the molecule is CCN1CCCC[C@@H]1C(=O)N1CCc2[nH]nc(-c3ccc(F)cc3F)c2C1. The second-order valence-corrected chi connectivity index (χ2v) is 7.30. The number of carbonyl (C=O) groups excluding carboxylic acids is 1. The van der Waals surface area contributed by atoms with Crippen molar-refractivity contribution >= 4 is 5.91 Å². The van der Waals surface area contributed by atoms with Gasteiger partial charge in [-0.1, -0.05) is 13.3 Å². The highest BCUT2D eigenvalue weighted by molar-refractivity contribution is 5.82. The Balaban J connectivity index is 1.59. The first kappa shape index (κ1) is 18.1. The van der Waals surface area contributed by atoms with Crippen LogP contribution >= 0.6 is 0 Å². The Morgan fingerprint density at radius 1 is 1.30 bits per heavy atom. The van der Waals surface area contributed by atoms with Gasteiger partial charge in [0.25, 0.3) is 0 Å². The van der Waals surface area contributed by atoms with Gasteiger partial charge in [-0.3, -0.25) is 14.8 Å². The van der Waals surface area contributed by atoms with Crippen LogP contribution in [0.1, 0.15) is 37.4 Å². The molecule has 2 aromatic rings. The number of aromatic amines is 1. The summed E-state index contributed by atoms with van der Waals surface area (Å²) in [5.41, 5.74) is 2.49. The molecule has 1 aromatic heterocycles. The smallest absolute Gasteiger partial charge is 0.240 e. The first-order valence-corrected chi connectivity index (χ1v) is 9.63. The Bertz CT molecular complexity index is 851. The molecule has 1 atom stereocenters. The molecule has 1 fully saturated rings. The van der Waals surface area contributed by atoms with Crippen LogP contribution in [0, 0.1) is 11.6 Å². The van der Waals surface area contributed by atoms with Gasteiger partial charge in [0.15, 0.2) is 0 Å². The highest BCUT2D eigenvalue weighted by Crippen LogP contribution is 2.31. The predicted octanol–water partition coefficient (Wildman–Crippen LogP) is 3.11. The second-order valence-electron chi connectivity index (χ2n) is 7.30. The number of nitrogens with zero attached hydrogens (tertiary/aromatic N) is 3. The van der Waals surface area contributed by atoms with E-state index in [4.69, 9.17) is 0 Å². The number of likely N-dealkylation sites (tertiary alicyclic amines) is 1. The zero-order chi connectivity index (χ0) is 19.0. The van der Waals surface area contributed by atoms with Gasteiger partial charge in [-0.05, 0) is 38.1 Å². The lowest BCUT2D eigenvalue weighted by Crippen LogP contribution is -2.51. The Morgan fingerprint density at radius 2 is 2.15 bits per heavy atom. The molecule has 0 spiro atoms. The van der Waals surface area contributed by atoms with E-state index in [1.807, 2.05) is 4.90 Å². The van der Waals surface area contributed by atoms with Crippen molar-refractivity contribution in [3.05, 3.63) is 41.1 Å². The molecular formula is C20H24F2N4O. The van der Waals surface area contributed by atoms with Crippen LogP contribution in [0.25, 0.3) is 11.3 Å². The second kappa shape index (κ2) is 7.38. The van der Waals surface area contributed by atoms with E-state index in [-0.39, 0.29) is 17.5 Å². The third-order valence-electron chi connectivity index (χ3n) is 5.74. The minimum Gasteiger partial charge on any atom is -0.336 e. The number of hydrogen-bond donors (Lipinski definition) is 1. The van der Waals surface area contributed by atoms with Gasteiger partial charge in [0.1, 0.15) is 17.3 Å². The number of H-pyrrole nitrogens is 1. The van der Waals surface area contributed by atoms with Gasteiger partial charge >= 0.3 is 0 Å². The summed E-state index contributed by atoms with van der Waals surface area (Å²) in [6.45, 7) is 4.96. The first-order valence-electron chi connectivity index (χ1n) is 9.63. The number of rotatable bonds is 3. The van der Waals surface area contributed by atoms with Crippen molar-refractivity contribution in [2.75, 3.05) is 19.6 Å². The summed E-state index contributed by atoms with van der Waals surface area (Å²) in [4.78, 5) is 17.3. The van der Waals surface area contributed by atoms with Crippen molar-refractivity contribution in [2.24, 2.45) is 0 Å². The molecule has 4 rings (SSSR count). The van der Waals surface area contributed by atoms with E-state index in [0.29, 0.717) is 25.2 Å². The van der Waals surface area contributed by atoms with Crippen molar-refractivity contribution in [1.82, 2.24) is 20.0 Å². The highest BCUT2D eigenvalue weighted by Gasteiger charge is 2.34. The monoisotopic (exact) mass is 374 g/mol. The molecule has 27 heavy (non-hydrogen) atoms. The molecule has 0 unspecified atom stereocenters. The molecule has 2 aliphatic heterocycles. The summed E-state index contributed by atoms with van der Waals surface area (Å²) in [5, 5.41) is 7.23. The predicted molar refractivity (Wildman–Crippen MR) is 97.9 cm³/mol. The summed E-state index contributed by atoms with van der Waals surface area (Å²) in [6, 6.07) is 3.43. The fourth-order valence-electron chi connectivity index (χ4n) is 4.25. The van der Waals surface area contributed by atoms with Crippen LogP contribution < -0.4 is 0 Å². The number of hydrogen-bond acceptors (Lipinski definition) is 3. The van der Waals surface area contributed by atoms with E-state index in [1.54, 1.807) is 0 Å². The lowest BCUT2D eigenvalue weighted by molar-refractivity contribution is -0.139. The number of nitrogens with one attached hydrogen (secondary N) is 1. The summed E-state index contributed by atoms with van der Waals surface area (Å²) < 4.78 is 27.5. The molecule has 0 radical (unpaired) electrons. The Hall–Kier alpha value is -2.28. The minimum absolute atomic E-state index is 0.0665. The lowest BCUT2D eigenvalue weighted by Gasteiger charge is -2.38. The third kappa shape index (κ3) is 3.36. The molecular weight excluding hydrogens is 350 g/mol. The number of halogens is 2. The minimum atomic E-state index is -0.641. The van der Waals surface area contributed by atoms with Crippen molar-refractivity contribution in [2.45, 2.75) is 45.2 Å². The van der Waals surface area contributed by atoms with Crippen molar-refractivity contribution in [3.63, 3.8) is 0 Å². The fourth-order valence-corrected chi connectivity index (χ4v) is 4.25. The maximum Gasteiger partial charge on any atom is 0.240 e. The van der Waals surface area contributed by atoms with E-state index in [9.17, 15) is 13.6 Å². The van der Waals surface area contributed by atoms with Gasteiger partial charge in [-0.2, -0.15) is 5.10 Å². The summed E-state index contributed by atoms with van der Waals surface area (Å²) in [7, 11) is 0. The van der Waals surface area contributed by atoms with E-state index in [2.05, 4.69) is 22.0 Å². The van der Waals surface area contributed by atoms with Gasteiger partial charge in [0, 0.05) is 42.4 Å². The molecule has 5 nitrogen and oxygen atoms in total. The Kier molecular flexibility index (Phi) is 4.95. The van der Waals surface area contributed by atoms with Crippen molar-refractivity contribution < 1.29 is 13.6 Å². The van der Waals surface area contributed by atoms with Crippen LogP contribution in [0.15, 0.2) is 18.2 Å². The summed E-state index contributed by atoms with van der Waals surface area (Å²) in [5.74, 6) is -1.11. The third-order valence-corrected chi connectivity index (χ3v) is 5.74. The van der Waals surface area contributed by atoms with Crippen molar-refractivity contribution in [3.8, 4) is 11.3 Å². The quantitative estimate of drug-likeness (QED) is 0.898. The van der Waals surface area contributed by atoms with Crippen LogP contribution in [0.5, 0.6) is 0 Å². The number of likely N-dealkylation sites (N-methyl/N-ethyl adjacent to an activating group) is 1. The largest absolute Gasteiger partial charge is 0.336 e. The maximum absolute atomic E-state index is 14.2. The van der Waals surface area contributed by atoms with Crippen LogP contribution in [0.4, 0.5) is 8.78 Å². The van der Waals surface area contributed by atoms with Gasteiger partial charge in [-0.15, -0.1) is 0 Å². The van der Waals surface area contributed by atoms with Crippen LogP contribution in [0.2, 0.25) is 0 Å². The maximum atomic E-state index is 14.2. The topological polar surface area (TPSA) is 52.2 Å². The zero-order valence-corrected chi connectivity index (χ0v) is 15.5. The number of amides is 1. The molecule has 3 heterocycles. The molecule has 1 aromatic carbocycles. The molecule has 7 heteroatoms. The van der Waals surface area contributed by atoms with E-state index < -0.39 is 11.6 Å². The molecule has 2 aliphatic rings. The average molecular weight is 374 g/mol. The zero-order valence-electron chi connectivity index (χ0n) is 15.5. The van der Waals surface area contributed by atoms with Crippen LogP contribution in [0.3, 0.4) is 0 Å². The number of fused-ring (bicyclic) bond motifs is 1. The lowest BCUT2D eigenvalue weighted by atomic mass is 9.97. The average Bonchev–Trinajstić information content (AvgIpc) is 3.10. The number of piperidine rings is 1. The van der Waals surface area contributed by atoms with E-state index in [0.717, 1.165) is 49.7 Å². The Morgan fingerprint density at radius 3 is 2.93 bits per heavy atom. The number of carbonyl (C=O) groups is 1. The van der Waals surface area contributed by atoms with Gasteiger partial charge in [0.2, 0.25) is 5.91 Å². The fraction of sp³-hybridized carbons (Fsp3) is 0.500. The van der Waals surface area contributed by atoms with E-state index in [1.165, 1.54) is 12.1 Å². The summed E-state index contributed by atoms with van der Waals surface area (Å²) in [6.07, 6.45) is 3.76. The van der Waals surface area contributed by atoms with Crippen molar-refractivity contribution in [1.29, 1.82) is 0 Å². The molecule has 144 valence electrons. The van der Waals surface area contributed by atoms with Crippen LogP contribution in [-0.2, 0) is 17.8 Å². The molecule has 1 N–H and O–H groups in total. The molecule has 0 bridgehead atoms. The Labute approximate surface area is 157 Å². The molecule has 1 saturated heterocycles. The van der Waals surface area contributed by atoms with Gasteiger partial charge < -0.3 is 4.90 Å². The normalized spacial score (nSPS) is 20.6. The standard InChI is InChI=1S/C20H24F2N4O/c1-2-25-9-4-3-5-18(25)20(27)26-10-8-17-15(12-26)19(24-23-17)14-7-6-13(21)11-16(14)22/h6-7,11,18H,2-5,8-10,12H2,1H3,(H,23,24)/t18-/m1/s1. The van der Waals surface area contributed by atoms with Gasteiger partial charge in [-0.25, -0.2) is 8.78 Å². The molecule has 0 aliphatic carbocycles. The van der Waals surface area contributed by atoms with E-state index >= 15 is 0 Å². The summed E-state index contributed by atoms with van der Waals surface area (Å²) >= 11 is 0. The molecule has 1 amide bonds. The van der Waals surface area contributed by atoms with Gasteiger partial charge in [0.05, 0.1) is 6.04 Å². The molecule has 0 saturated carbocycles. The number of aromatic nitrogens is 2. The number of benzene rings is 1. The first-order chi connectivity index (χ1) is 13.1. The highest BCUT2D eigenvalue weighted by atomic mass is 19.1.